The second kappa shape index (κ2) is 8.05. The molecule has 1 aromatic heterocycles. The van der Waals surface area contributed by atoms with E-state index in [0.717, 1.165) is 25.3 Å². The van der Waals surface area contributed by atoms with Crippen molar-refractivity contribution >= 4 is 11.4 Å². The van der Waals surface area contributed by atoms with E-state index in [1.807, 2.05) is 23.1 Å². The number of nitro groups is 1. The van der Waals surface area contributed by atoms with Gasteiger partial charge in [-0.15, -0.1) is 0 Å². The summed E-state index contributed by atoms with van der Waals surface area (Å²) in [7, 11) is 0. The smallest absolute Gasteiger partial charge is 0.387 e. The van der Waals surface area contributed by atoms with Gasteiger partial charge in [-0.05, 0) is 18.2 Å². The number of benzene rings is 1. The number of rotatable bonds is 6. The van der Waals surface area contributed by atoms with Crippen LogP contribution >= 0.6 is 0 Å². The quantitative estimate of drug-likeness (QED) is 0.580. The van der Waals surface area contributed by atoms with Crippen LogP contribution in [0, 0.1) is 10.1 Å². The highest BCUT2D eigenvalue weighted by Gasteiger charge is 2.23. The Morgan fingerprint density at radius 2 is 1.96 bits per heavy atom. The zero-order valence-corrected chi connectivity index (χ0v) is 13.9. The zero-order valence-electron chi connectivity index (χ0n) is 13.9. The summed E-state index contributed by atoms with van der Waals surface area (Å²) in [5.74, 6) is -0.418. The average Bonchev–Trinajstić information content (AvgIpc) is 2.62. The highest BCUT2D eigenvalue weighted by atomic mass is 19.3. The van der Waals surface area contributed by atoms with Crippen LogP contribution in [0.3, 0.4) is 0 Å². The fourth-order valence-electron chi connectivity index (χ4n) is 2.93. The van der Waals surface area contributed by atoms with Crippen LogP contribution in [0.25, 0.3) is 0 Å². The largest absolute Gasteiger partial charge is 0.427 e. The first-order valence-corrected chi connectivity index (χ1v) is 8.13. The van der Waals surface area contributed by atoms with Crippen molar-refractivity contribution in [3.63, 3.8) is 0 Å². The van der Waals surface area contributed by atoms with Crippen LogP contribution in [0.1, 0.15) is 5.69 Å². The molecule has 0 saturated carbocycles. The second-order valence-corrected chi connectivity index (χ2v) is 5.87. The number of aromatic nitrogens is 1. The van der Waals surface area contributed by atoms with Crippen LogP contribution in [-0.2, 0) is 6.54 Å². The van der Waals surface area contributed by atoms with Crippen LogP contribution in [0.2, 0.25) is 0 Å². The van der Waals surface area contributed by atoms with Crippen LogP contribution in [0.4, 0.5) is 20.2 Å². The lowest BCUT2D eigenvalue weighted by Crippen LogP contribution is -2.46. The van der Waals surface area contributed by atoms with E-state index in [2.05, 4.69) is 14.6 Å². The highest BCUT2D eigenvalue weighted by molar-refractivity contribution is 5.59. The van der Waals surface area contributed by atoms with Crippen LogP contribution < -0.4 is 9.64 Å². The minimum absolute atomic E-state index is 0.418. The molecule has 138 valence electrons. The number of ether oxygens (including phenoxy) is 1. The third-order valence-corrected chi connectivity index (χ3v) is 4.21. The lowest BCUT2D eigenvalue weighted by molar-refractivity contribution is -0.386. The first-order valence-electron chi connectivity index (χ1n) is 8.13. The molecule has 0 radical (unpaired) electrons. The molecular weight excluding hydrogens is 346 g/mol. The topological polar surface area (TPSA) is 71.7 Å². The van der Waals surface area contributed by atoms with Gasteiger partial charge in [-0.3, -0.25) is 20.0 Å². The maximum Gasteiger partial charge on any atom is 0.387 e. The molecule has 0 atom stereocenters. The molecule has 0 unspecified atom stereocenters. The molecule has 26 heavy (non-hydrogen) atoms. The Labute approximate surface area is 149 Å². The van der Waals surface area contributed by atoms with Gasteiger partial charge in [0.1, 0.15) is 0 Å². The number of piperazine rings is 1. The predicted octanol–water partition coefficient (Wildman–Crippen LogP) is 2.91. The van der Waals surface area contributed by atoms with E-state index >= 15 is 0 Å². The van der Waals surface area contributed by atoms with Crippen molar-refractivity contribution in [3.05, 3.63) is 58.4 Å². The lowest BCUT2D eigenvalue weighted by Gasteiger charge is -2.36. The van der Waals surface area contributed by atoms with Gasteiger partial charge in [0.25, 0.3) is 0 Å². The van der Waals surface area contributed by atoms with Gasteiger partial charge in [-0.25, -0.2) is 0 Å². The van der Waals surface area contributed by atoms with Crippen molar-refractivity contribution in [3.8, 4) is 5.75 Å². The molecule has 0 aliphatic carbocycles. The monoisotopic (exact) mass is 364 g/mol. The Bertz CT molecular complexity index is 753. The van der Waals surface area contributed by atoms with Crippen molar-refractivity contribution in [2.75, 3.05) is 31.1 Å². The van der Waals surface area contributed by atoms with Crippen molar-refractivity contribution in [2.24, 2.45) is 0 Å². The molecule has 0 amide bonds. The first kappa shape index (κ1) is 18.0. The third kappa shape index (κ3) is 4.42. The van der Waals surface area contributed by atoms with Gasteiger partial charge in [0, 0.05) is 56.7 Å². The third-order valence-electron chi connectivity index (χ3n) is 4.21. The summed E-state index contributed by atoms with van der Waals surface area (Å²) in [4.78, 5) is 18.8. The van der Waals surface area contributed by atoms with E-state index in [4.69, 9.17) is 0 Å². The standard InChI is InChI=1S/C17H18F2N4O3/c18-17(19)26-16-11-14(4-5-15(16)23(24)25)22-9-7-21(8-10-22)12-13-3-1-2-6-20-13/h1-6,11,17H,7-10,12H2. The number of hydrogen-bond acceptors (Lipinski definition) is 6. The summed E-state index contributed by atoms with van der Waals surface area (Å²) in [5, 5.41) is 11.0. The first-order chi connectivity index (χ1) is 12.5. The summed E-state index contributed by atoms with van der Waals surface area (Å²) in [5.41, 5.74) is 1.15. The van der Waals surface area contributed by atoms with E-state index in [9.17, 15) is 18.9 Å². The molecule has 2 aromatic rings. The van der Waals surface area contributed by atoms with Crippen molar-refractivity contribution in [1.29, 1.82) is 0 Å². The minimum atomic E-state index is -3.11. The Hall–Kier alpha value is -2.81. The van der Waals surface area contributed by atoms with Gasteiger partial charge < -0.3 is 9.64 Å². The number of alkyl halides is 2. The fourth-order valence-corrected chi connectivity index (χ4v) is 2.93. The van der Waals surface area contributed by atoms with Gasteiger partial charge in [0.2, 0.25) is 5.75 Å². The average molecular weight is 364 g/mol. The summed E-state index contributed by atoms with van der Waals surface area (Å²) in [6.07, 6.45) is 1.76. The zero-order chi connectivity index (χ0) is 18.5. The van der Waals surface area contributed by atoms with Crippen LogP contribution in [-0.4, -0.2) is 47.6 Å². The molecule has 1 saturated heterocycles. The van der Waals surface area contributed by atoms with Crippen LogP contribution in [0.5, 0.6) is 5.75 Å². The SMILES string of the molecule is O=[N+]([O-])c1ccc(N2CCN(Cc3ccccn3)CC2)cc1OC(F)F. The maximum absolute atomic E-state index is 12.5. The highest BCUT2D eigenvalue weighted by Crippen LogP contribution is 2.33. The van der Waals surface area contributed by atoms with Crippen LogP contribution in [0.15, 0.2) is 42.6 Å². The van der Waals surface area contributed by atoms with Crippen molar-refractivity contribution in [2.45, 2.75) is 13.2 Å². The molecule has 2 heterocycles. The normalized spacial score (nSPS) is 15.3. The van der Waals surface area contributed by atoms with E-state index in [1.165, 1.54) is 12.1 Å². The molecule has 1 fully saturated rings. The number of nitro benzene ring substituents is 1. The molecule has 0 bridgehead atoms. The van der Waals surface area contributed by atoms with Gasteiger partial charge in [0.15, 0.2) is 0 Å². The number of anilines is 1. The predicted molar refractivity (Wildman–Crippen MR) is 91.5 cm³/mol. The fraction of sp³-hybridized carbons (Fsp3) is 0.353. The Kier molecular flexibility index (Phi) is 5.57. The molecule has 3 rings (SSSR count). The van der Waals surface area contributed by atoms with E-state index in [1.54, 1.807) is 12.3 Å². The Morgan fingerprint density at radius 1 is 1.19 bits per heavy atom. The van der Waals surface area contributed by atoms with Gasteiger partial charge in [-0.1, -0.05) is 6.07 Å². The van der Waals surface area contributed by atoms with Gasteiger partial charge >= 0.3 is 12.3 Å². The number of halogens is 2. The van der Waals surface area contributed by atoms with E-state index < -0.39 is 23.0 Å². The summed E-state index contributed by atoms with van der Waals surface area (Å²) in [6.45, 7) is 0.544. The molecule has 7 nitrogen and oxygen atoms in total. The second-order valence-electron chi connectivity index (χ2n) is 5.87. The van der Waals surface area contributed by atoms with Crippen molar-refractivity contribution in [1.82, 2.24) is 9.88 Å². The maximum atomic E-state index is 12.5. The Morgan fingerprint density at radius 3 is 2.58 bits per heavy atom. The molecule has 0 spiro atoms. The lowest BCUT2D eigenvalue weighted by atomic mass is 10.2. The summed E-state index contributed by atoms with van der Waals surface area (Å²) >= 11 is 0. The molecule has 1 aromatic carbocycles. The summed E-state index contributed by atoms with van der Waals surface area (Å²) < 4.78 is 29.4. The molecule has 0 N–H and O–H groups in total. The van der Waals surface area contributed by atoms with Crippen molar-refractivity contribution < 1.29 is 18.4 Å². The van der Waals surface area contributed by atoms with E-state index in [0.29, 0.717) is 18.8 Å². The number of hydrogen-bond donors (Lipinski definition) is 0. The molecular formula is C17H18F2N4O3. The van der Waals surface area contributed by atoms with Gasteiger partial charge in [-0.2, -0.15) is 8.78 Å². The molecule has 1 aliphatic rings. The van der Waals surface area contributed by atoms with E-state index in [-0.39, 0.29) is 0 Å². The minimum Gasteiger partial charge on any atom is -0.427 e. The molecule has 1 aliphatic heterocycles. The summed E-state index contributed by atoms with van der Waals surface area (Å²) in [6, 6.07) is 9.85. The number of pyridine rings is 1. The Balaban J connectivity index is 1.66. The molecule has 9 heteroatoms. The number of nitrogens with zero attached hydrogens (tertiary/aromatic N) is 4. The van der Waals surface area contributed by atoms with Gasteiger partial charge in [0.05, 0.1) is 10.6 Å².